The first-order valence-corrected chi connectivity index (χ1v) is 7.32. The number of hydrogen-bond donors (Lipinski definition) is 1. The lowest BCUT2D eigenvalue weighted by molar-refractivity contribution is 0.168. The van der Waals surface area contributed by atoms with Gasteiger partial charge in [-0.15, -0.1) is 0 Å². The monoisotopic (exact) mass is 347 g/mol. The summed E-state index contributed by atoms with van der Waals surface area (Å²) in [6.45, 7) is 0. The standard InChI is InChI=1S/C16H14BrNO3/c1-20-10-6-7-12(17)11(8-10)14(19)9-16-18-13-4-2-3-5-15(13)21-16/h2-8,14,19H,9H2,1H3. The van der Waals surface area contributed by atoms with Gasteiger partial charge in [0.25, 0.3) is 0 Å². The molecular formula is C16H14BrNO3. The number of ether oxygens (including phenoxy) is 1. The molecule has 0 radical (unpaired) electrons. The van der Waals surface area contributed by atoms with E-state index in [0.717, 1.165) is 21.1 Å². The molecule has 0 aliphatic heterocycles. The maximum absolute atomic E-state index is 10.4. The number of aromatic nitrogens is 1. The Hall–Kier alpha value is -1.85. The highest BCUT2D eigenvalue weighted by Crippen LogP contribution is 2.30. The van der Waals surface area contributed by atoms with Gasteiger partial charge in [0.15, 0.2) is 11.5 Å². The highest BCUT2D eigenvalue weighted by atomic mass is 79.9. The van der Waals surface area contributed by atoms with Crippen molar-refractivity contribution in [3.63, 3.8) is 0 Å². The number of halogens is 1. The molecule has 0 spiro atoms. The number of aliphatic hydroxyl groups is 1. The molecule has 1 N–H and O–H groups in total. The molecule has 3 aromatic rings. The summed E-state index contributed by atoms with van der Waals surface area (Å²) < 4.78 is 11.7. The van der Waals surface area contributed by atoms with E-state index >= 15 is 0 Å². The molecule has 0 amide bonds. The predicted molar refractivity (Wildman–Crippen MR) is 83.4 cm³/mol. The third kappa shape index (κ3) is 2.94. The normalized spacial score (nSPS) is 12.5. The summed E-state index contributed by atoms with van der Waals surface area (Å²) >= 11 is 3.44. The van der Waals surface area contributed by atoms with Crippen LogP contribution in [-0.4, -0.2) is 17.2 Å². The van der Waals surface area contributed by atoms with Crippen LogP contribution in [0.1, 0.15) is 17.6 Å². The molecule has 0 fully saturated rings. The van der Waals surface area contributed by atoms with E-state index in [1.165, 1.54) is 0 Å². The molecule has 1 unspecified atom stereocenters. The van der Waals surface area contributed by atoms with E-state index in [0.29, 0.717) is 18.1 Å². The summed E-state index contributed by atoms with van der Waals surface area (Å²) in [5, 5.41) is 10.4. The van der Waals surface area contributed by atoms with Gasteiger partial charge in [0, 0.05) is 4.47 Å². The molecule has 0 aliphatic rings. The van der Waals surface area contributed by atoms with Gasteiger partial charge in [-0.2, -0.15) is 0 Å². The zero-order valence-corrected chi connectivity index (χ0v) is 13.0. The van der Waals surface area contributed by atoms with Gasteiger partial charge >= 0.3 is 0 Å². The molecule has 2 aromatic carbocycles. The maximum Gasteiger partial charge on any atom is 0.198 e. The molecule has 5 heteroatoms. The van der Waals surface area contributed by atoms with E-state index in [4.69, 9.17) is 9.15 Å². The van der Waals surface area contributed by atoms with Crippen LogP contribution in [0, 0.1) is 0 Å². The average Bonchev–Trinajstić information content (AvgIpc) is 2.89. The first kappa shape index (κ1) is 14.1. The van der Waals surface area contributed by atoms with Crippen molar-refractivity contribution in [2.45, 2.75) is 12.5 Å². The molecule has 0 aliphatic carbocycles. The first-order valence-electron chi connectivity index (χ1n) is 6.53. The number of oxazole rings is 1. The van der Waals surface area contributed by atoms with Crippen molar-refractivity contribution in [3.05, 3.63) is 58.4 Å². The fraction of sp³-hybridized carbons (Fsp3) is 0.188. The third-order valence-electron chi connectivity index (χ3n) is 3.27. The third-order valence-corrected chi connectivity index (χ3v) is 3.99. The van der Waals surface area contributed by atoms with Crippen LogP contribution in [0.25, 0.3) is 11.1 Å². The van der Waals surface area contributed by atoms with Crippen LogP contribution in [0.4, 0.5) is 0 Å². The predicted octanol–water partition coefficient (Wildman–Crippen LogP) is 3.88. The van der Waals surface area contributed by atoms with Crippen molar-refractivity contribution < 1.29 is 14.3 Å². The van der Waals surface area contributed by atoms with Gasteiger partial charge in [-0.05, 0) is 35.9 Å². The summed E-state index contributed by atoms with van der Waals surface area (Å²) in [6, 6.07) is 13.0. The van der Waals surface area contributed by atoms with Crippen molar-refractivity contribution >= 4 is 27.0 Å². The minimum Gasteiger partial charge on any atom is -0.497 e. The Morgan fingerprint density at radius 1 is 1.29 bits per heavy atom. The lowest BCUT2D eigenvalue weighted by atomic mass is 10.1. The summed E-state index contributed by atoms with van der Waals surface area (Å²) in [5.74, 6) is 1.21. The summed E-state index contributed by atoms with van der Waals surface area (Å²) in [5.41, 5.74) is 2.27. The molecular weight excluding hydrogens is 334 g/mol. The van der Waals surface area contributed by atoms with Crippen molar-refractivity contribution in [2.24, 2.45) is 0 Å². The fourth-order valence-corrected chi connectivity index (χ4v) is 2.70. The average molecular weight is 348 g/mol. The largest absolute Gasteiger partial charge is 0.497 e. The number of rotatable bonds is 4. The van der Waals surface area contributed by atoms with E-state index in [-0.39, 0.29) is 0 Å². The molecule has 0 saturated heterocycles. The Labute approximate surface area is 130 Å². The van der Waals surface area contributed by atoms with Crippen LogP contribution >= 0.6 is 15.9 Å². The summed E-state index contributed by atoms with van der Waals surface area (Å²) in [4.78, 5) is 4.38. The fourth-order valence-electron chi connectivity index (χ4n) is 2.19. The second-order valence-electron chi connectivity index (χ2n) is 4.68. The molecule has 4 nitrogen and oxygen atoms in total. The van der Waals surface area contributed by atoms with Gasteiger partial charge in [0.2, 0.25) is 0 Å². The quantitative estimate of drug-likeness (QED) is 0.778. The summed E-state index contributed by atoms with van der Waals surface area (Å²) in [7, 11) is 1.60. The number of benzene rings is 2. The Bertz CT molecular complexity index is 736. The second-order valence-corrected chi connectivity index (χ2v) is 5.54. The van der Waals surface area contributed by atoms with Crippen LogP contribution in [0.2, 0.25) is 0 Å². The number of para-hydroxylation sites is 2. The maximum atomic E-state index is 10.4. The zero-order chi connectivity index (χ0) is 14.8. The Morgan fingerprint density at radius 2 is 2.10 bits per heavy atom. The Kier molecular flexibility index (Phi) is 3.94. The van der Waals surface area contributed by atoms with E-state index < -0.39 is 6.10 Å². The number of aliphatic hydroxyl groups excluding tert-OH is 1. The molecule has 3 rings (SSSR count). The molecule has 1 heterocycles. The van der Waals surface area contributed by atoms with Gasteiger partial charge in [0.1, 0.15) is 11.3 Å². The highest BCUT2D eigenvalue weighted by molar-refractivity contribution is 9.10. The lowest BCUT2D eigenvalue weighted by Gasteiger charge is -2.12. The van der Waals surface area contributed by atoms with Crippen LogP contribution in [0.15, 0.2) is 51.4 Å². The molecule has 108 valence electrons. The number of fused-ring (bicyclic) bond motifs is 1. The zero-order valence-electron chi connectivity index (χ0n) is 11.4. The second kappa shape index (κ2) is 5.87. The van der Waals surface area contributed by atoms with Crippen molar-refractivity contribution in [3.8, 4) is 5.75 Å². The van der Waals surface area contributed by atoms with Crippen LogP contribution < -0.4 is 4.74 Å². The SMILES string of the molecule is COc1ccc(Br)c(C(O)Cc2nc3ccccc3o2)c1. The van der Waals surface area contributed by atoms with Gasteiger partial charge in [0.05, 0.1) is 19.6 Å². The van der Waals surface area contributed by atoms with Gasteiger partial charge in [-0.3, -0.25) is 0 Å². The van der Waals surface area contributed by atoms with E-state index in [1.54, 1.807) is 13.2 Å². The Morgan fingerprint density at radius 3 is 2.86 bits per heavy atom. The number of hydrogen-bond acceptors (Lipinski definition) is 4. The molecule has 1 atom stereocenters. The van der Waals surface area contributed by atoms with Crippen molar-refractivity contribution in [2.75, 3.05) is 7.11 Å². The van der Waals surface area contributed by atoms with Crippen LogP contribution in [0.5, 0.6) is 5.75 Å². The topological polar surface area (TPSA) is 55.5 Å². The highest BCUT2D eigenvalue weighted by Gasteiger charge is 2.16. The van der Waals surface area contributed by atoms with Crippen LogP contribution in [-0.2, 0) is 6.42 Å². The minimum absolute atomic E-state index is 0.306. The van der Waals surface area contributed by atoms with Crippen molar-refractivity contribution in [1.82, 2.24) is 4.98 Å². The lowest BCUT2D eigenvalue weighted by Crippen LogP contribution is -2.03. The van der Waals surface area contributed by atoms with Gasteiger partial charge in [-0.25, -0.2) is 4.98 Å². The van der Waals surface area contributed by atoms with Gasteiger partial charge < -0.3 is 14.3 Å². The molecule has 1 aromatic heterocycles. The van der Waals surface area contributed by atoms with E-state index in [2.05, 4.69) is 20.9 Å². The number of methoxy groups -OCH3 is 1. The molecule has 0 saturated carbocycles. The first-order chi connectivity index (χ1) is 10.2. The van der Waals surface area contributed by atoms with Gasteiger partial charge in [-0.1, -0.05) is 28.1 Å². The number of nitrogens with zero attached hydrogens (tertiary/aromatic N) is 1. The Balaban J connectivity index is 1.87. The molecule has 21 heavy (non-hydrogen) atoms. The molecule has 0 bridgehead atoms. The van der Waals surface area contributed by atoms with E-state index in [9.17, 15) is 5.11 Å². The smallest absolute Gasteiger partial charge is 0.198 e. The summed E-state index contributed by atoms with van der Waals surface area (Å²) in [6.07, 6.45) is -0.414. The van der Waals surface area contributed by atoms with Crippen molar-refractivity contribution in [1.29, 1.82) is 0 Å². The van der Waals surface area contributed by atoms with Crippen LogP contribution in [0.3, 0.4) is 0 Å². The van der Waals surface area contributed by atoms with E-state index in [1.807, 2.05) is 36.4 Å². The minimum atomic E-state index is -0.720.